The zero-order valence-electron chi connectivity index (χ0n) is 15.4. The van der Waals surface area contributed by atoms with E-state index in [-0.39, 0.29) is 17.7 Å². The van der Waals surface area contributed by atoms with Gasteiger partial charge in [0, 0.05) is 30.2 Å². The highest BCUT2D eigenvalue weighted by atomic mass is 19.4. The SMILES string of the molecule is CC(C)(C)OC(=O)N1CCC(Nc2ccc3nc(C(F)(F)F)ccc3c2)C1. The molecule has 1 amide bonds. The number of halogens is 3. The summed E-state index contributed by atoms with van der Waals surface area (Å²) in [6.07, 6.45) is -4.03. The second-order valence-electron chi connectivity index (χ2n) is 7.66. The van der Waals surface area contributed by atoms with Gasteiger partial charge < -0.3 is 15.0 Å². The quantitative estimate of drug-likeness (QED) is 0.821. The smallest absolute Gasteiger partial charge is 0.433 e. The van der Waals surface area contributed by atoms with Crippen LogP contribution in [-0.4, -0.2) is 40.7 Å². The van der Waals surface area contributed by atoms with Crippen molar-refractivity contribution in [2.75, 3.05) is 18.4 Å². The molecule has 1 saturated heterocycles. The average Bonchev–Trinajstić information content (AvgIpc) is 3.00. The number of carbonyl (C=O) groups is 1. The number of likely N-dealkylation sites (tertiary alicyclic amines) is 1. The monoisotopic (exact) mass is 381 g/mol. The maximum absolute atomic E-state index is 12.8. The van der Waals surface area contributed by atoms with Gasteiger partial charge in [-0.1, -0.05) is 6.07 Å². The summed E-state index contributed by atoms with van der Waals surface area (Å²) in [7, 11) is 0. The average molecular weight is 381 g/mol. The first-order valence-electron chi connectivity index (χ1n) is 8.74. The van der Waals surface area contributed by atoms with Crippen LogP contribution in [0.4, 0.5) is 23.7 Å². The fourth-order valence-corrected chi connectivity index (χ4v) is 2.98. The lowest BCUT2D eigenvalue weighted by molar-refractivity contribution is -0.140. The molecule has 146 valence electrons. The zero-order valence-corrected chi connectivity index (χ0v) is 15.4. The predicted molar refractivity (Wildman–Crippen MR) is 96.6 cm³/mol. The van der Waals surface area contributed by atoms with Gasteiger partial charge in [-0.3, -0.25) is 0 Å². The summed E-state index contributed by atoms with van der Waals surface area (Å²) < 4.78 is 43.6. The van der Waals surface area contributed by atoms with E-state index in [2.05, 4.69) is 10.3 Å². The number of carbonyl (C=O) groups excluding carboxylic acids is 1. The third-order valence-electron chi connectivity index (χ3n) is 4.19. The van der Waals surface area contributed by atoms with Crippen molar-refractivity contribution in [2.45, 2.75) is 45.0 Å². The number of anilines is 1. The van der Waals surface area contributed by atoms with Crippen LogP contribution >= 0.6 is 0 Å². The van der Waals surface area contributed by atoms with Crippen LogP contribution in [-0.2, 0) is 10.9 Å². The number of aromatic nitrogens is 1. The number of nitrogens with zero attached hydrogens (tertiary/aromatic N) is 2. The molecule has 2 heterocycles. The molecule has 1 fully saturated rings. The maximum atomic E-state index is 12.8. The van der Waals surface area contributed by atoms with E-state index in [1.807, 2.05) is 20.8 Å². The van der Waals surface area contributed by atoms with Gasteiger partial charge in [-0.15, -0.1) is 0 Å². The van der Waals surface area contributed by atoms with Gasteiger partial charge in [-0.2, -0.15) is 13.2 Å². The van der Waals surface area contributed by atoms with E-state index in [1.54, 1.807) is 23.1 Å². The number of benzene rings is 1. The van der Waals surface area contributed by atoms with E-state index < -0.39 is 17.5 Å². The van der Waals surface area contributed by atoms with Crippen molar-refractivity contribution < 1.29 is 22.7 Å². The Morgan fingerprint density at radius 3 is 2.63 bits per heavy atom. The van der Waals surface area contributed by atoms with E-state index in [4.69, 9.17) is 4.74 Å². The normalized spacial score (nSPS) is 18.0. The lowest BCUT2D eigenvalue weighted by Crippen LogP contribution is -2.36. The number of hydrogen-bond acceptors (Lipinski definition) is 4. The summed E-state index contributed by atoms with van der Waals surface area (Å²) in [5.74, 6) is 0. The van der Waals surface area contributed by atoms with Crippen molar-refractivity contribution in [3.63, 3.8) is 0 Å². The molecule has 1 N–H and O–H groups in total. The molecule has 3 rings (SSSR count). The standard InChI is InChI=1S/C19H22F3N3O2/c1-18(2,3)27-17(26)25-9-8-14(11-25)23-13-5-6-15-12(10-13)4-7-16(24-15)19(20,21)22/h4-7,10,14,23H,8-9,11H2,1-3H3. The van der Waals surface area contributed by atoms with Crippen LogP contribution in [0.25, 0.3) is 10.9 Å². The number of alkyl halides is 3. The Kier molecular flexibility index (Phi) is 4.92. The molecule has 0 aliphatic carbocycles. The Morgan fingerprint density at radius 1 is 1.22 bits per heavy atom. The topological polar surface area (TPSA) is 54.5 Å². The maximum Gasteiger partial charge on any atom is 0.433 e. The molecule has 1 aliphatic heterocycles. The van der Waals surface area contributed by atoms with E-state index in [0.29, 0.717) is 18.5 Å². The third-order valence-corrected chi connectivity index (χ3v) is 4.19. The van der Waals surface area contributed by atoms with Crippen molar-refractivity contribution in [1.82, 2.24) is 9.88 Å². The number of nitrogens with one attached hydrogen (secondary N) is 1. The summed E-state index contributed by atoms with van der Waals surface area (Å²) in [5.41, 5.74) is -0.375. The van der Waals surface area contributed by atoms with Gasteiger partial charge in [-0.25, -0.2) is 9.78 Å². The largest absolute Gasteiger partial charge is 0.444 e. The van der Waals surface area contributed by atoms with E-state index in [0.717, 1.165) is 18.2 Å². The summed E-state index contributed by atoms with van der Waals surface area (Å²) in [4.78, 5) is 17.4. The minimum Gasteiger partial charge on any atom is -0.444 e. The first kappa shape index (κ1) is 19.3. The second kappa shape index (κ2) is 6.90. The van der Waals surface area contributed by atoms with Crippen molar-refractivity contribution >= 4 is 22.7 Å². The number of rotatable bonds is 2. The third kappa shape index (κ3) is 4.81. The van der Waals surface area contributed by atoms with Gasteiger partial charge >= 0.3 is 12.3 Å². The van der Waals surface area contributed by atoms with Gasteiger partial charge in [0.1, 0.15) is 11.3 Å². The number of amides is 1. The van der Waals surface area contributed by atoms with Crippen molar-refractivity contribution in [2.24, 2.45) is 0 Å². The van der Waals surface area contributed by atoms with E-state index in [1.165, 1.54) is 6.07 Å². The molecular formula is C19H22F3N3O2. The van der Waals surface area contributed by atoms with Crippen LogP contribution in [0.15, 0.2) is 30.3 Å². The molecule has 27 heavy (non-hydrogen) atoms. The summed E-state index contributed by atoms with van der Waals surface area (Å²) in [6, 6.07) is 7.47. The molecule has 2 aromatic rings. The summed E-state index contributed by atoms with van der Waals surface area (Å²) in [5, 5.41) is 3.95. The van der Waals surface area contributed by atoms with Gasteiger partial charge in [-0.05, 0) is 51.5 Å². The number of ether oxygens (including phenoxy) is 1. The Balaban J connectivity index is 1.66. The van der Waals surface area contributed by atoms with Crippen molar-refractivity contribution in [3.8, 4) is 0 Å². The van der Waals surface area contributed by atoms with E-state index >= 15 is 0 Å². The molecule has 0 saturated carbocycles. The van der Waals surface area contributed by atoms with Crippen LogP contribution < -0.4 is 5.32 Å². The first-order chi connectivity index (χ1) is 12.5. The number of pyridine rings is 1. The van der Waals surface area contributed by atoms with Crippen molar-refractivity contribution in [3.05, 3.63) is 36.0 Å². The molecule has 1 aliphatic rings. The Bertz CT molecular complexity index is 846. The molecule has 0 radical (unpaired) electrons. The van der Waals surface area contributed by atoms with Crippen LogP contribution in [0.1, 0.15) is 32.9 Å². The van der Waals surface area contributed by atoms with Gasteiger partial charge in [0.05, 0.1) is 5.52 Å². The van der Waals surface area contributed by atoms with Crippen LogP contribution in [0, 0.1) is 0 Å². The molecule has 0 bridgehead atoms. The van der Waals surface area contributed by atoms with Gasteiger partial charge in [0.2, 0.25) is 0 Å². The fourth-order valence-electron chi connectivity index (χ4n) is 2.98. The fraction of sp³-hybridized carbons (Fsp3) is 0.474. The molecular weight excluding hydrogens is 359 g/mol. The predicted octanol–water partition coefficient (Wildman–Crippen LogP) is 4.67. The molecule has 1 aromatic heterocycles. The summed E-state index contributed by atoms with van der Waals surface area (Å²) >= 11 is 0. The minimum absolute atomic E-state index is 0.0531. The number of hydrogen-bond donors (Lipinski definition) is 1. The Hall–Kier alpha value is -2.51. The molecule has 1 unspecified atom stereocenters. The van der Waals surface area contributed by atoms with Crippen LogP contribution in [0.5, 0.6) is 0 Å². The minimum atomic E-state index is -4.46. The van der Waals surface area contributed by atoms with Gasteiger partial charge in [0.25, 0.3) is 0 Å². The first-order valence-corrected chi connectivity index (χ1v) is 8.74. The van der Waals surface area contributed by atoms with Crippen LogP contribution in [0.2, 0.25) is 0 Å². The molecule has 1 aromatic carbocycles. The number of fused-ring (bicyclic) bond motifs is 1. The highest BCUT2D eigenvalue weighted by Crippen LogP contribution is 2.30. The van der Waals surface area contributed by atoms with Crippen molar-refractivity contribution in [1.29, 1.82) is 0 Å². The zero-order chi connectivity index (χ0) is 19.8. The lowest BCUT2D eigenvalue weighted by Gasteiger charge is -2.24. The molecule has 1 atom stereocenters. The van der Waals surface area contributed by atoms with E-state index in [9.17, 15) is 18.0 Å². The highest BCUT2D eigenvalue weighted by Gasteiger charge is 2.32. The molecule has 5 nitrogen and oxygen atoms in total. The highest BCUT2D eigenvalue weighted by molar-refractivity contribution is 5.82. The molecule has 8 heteroatoms. The van der Waals surface area contributed by atoms with Gasteiger partial charge in [0.15, 0.2) is 0 Å². The Morgan fingerprint density at radius 2 is 1.96 bits per heavy atom. The Labute approximate surface area is 155 Å². The second-order valence-corrected chi connectivity index (χ2v) is 7.66. The lowest BCUT2D eigenvalue weighted by atomic mass is 10.1. The van der Waals surface area contributed by atoms with Crippen LogP contribution in [0.3, 0.4) is 0 Å². The molecule has 0 spiro atoms. The summed E-state index contributed by atoms with van der Waals surface area (Å²) in [6.45, 7) is 6.58.